The number of hydrogen-bond donors (Lipinski definition) is 1. The van der Waals surface area contributed by atoms with Crippen LogP contribution in [0, 0.1) is 5.92 Å². The topological polar surface area (TPSA) is 104 Å². The third kappa shape index (κ3) is 5.88. The van der Waals surface area contributed by atoms with Gasteiger partial charge in [-0.05, 0) is 43.0 Å². The minimum atomic E-state index is -3.89. The van der Waals surface area contributed by atoms with E-state index in [1.54, 1.807) is 11.9 Å². The zero-order chi connectivity index (χ0) is 25.7. The SMILES string of the molecule is CCOC(=O)C1CCN(S(=O)(=O)NC(=NC)N2CC(c3ccccc3)C(c3ccc(Cl)cc3)=N2)CC1. The van der Waals surface area contributed by atoms with Gasteiger partial charge in [0, 0.05) is 31.1 Å². The molecule has 2 aliphatic rings. The standard InChI is InChI=1S/C25H30ClN5O4S/c1-3-35-24(32)20-13-15-30(16-14-20)36(33,34)29-25(27-2)31-17-22(18-7-5-4-6-8-18)23(28-31)19-9-11-21(26)12-10-19/h4-12,20,22H,3,13-17H2,1-2H3,(H,27,29). The first kappa shape index (κ1) is 26.1. The van der Waals surface area contributed by atoms with E-state index in [2.05, 4.69) is 9.71 Å². The number of hydrogen-bond acceptors (Lipinski definition) is 6. The van der Waals surface area contributed by atoms with Gasteiger partial charge in [0.15, 0.2) is 0 Å². The number of carbonyl (C=O) groups is 1. The lowest BCUT2D eigenvalue weighted by molar-refractivity contribution is -0.149. The fourth-order valence-corrected chi connectivity index (χ4v) is 5.82. The molecule has 9 nitrogen and oxygen atoms in total. The summed E-state index contributed by atoms with van der Waals surface area (Å²) in [6.07, 6.45) is 0.827. The molecule has 0 aliphatic carbocycles. The lowest BCUT2D eigenvalue weighted by Crippen LogP contribution is -2.50. The van der Waals surface area contributed by atoms with E-state index in [0.717, 1.165) is 16.8 Å². The maximum Gasteiger partial charge on any atom is 0.309 e. The molecule has 192 valence electrons. The van der Waals surface area contributed by atoms with E-state index in [4.69, 9.17) is 21.4 Å². The summed E-state index contributed by atoms with van der Waals surface area (Å²) in [5.41, 5.74) is 2.76. The predicted molar refractivity (Wildman–Crippen MR) is 140 cm³/mol. The van der Waals surface area contributed by atoms with Gasteiger partial charge in [0.05, 0.1) is 24.8 Å². The molecule has 2 heterocycles. The Bertz CT molecular complexity index is 1230. The number of halogens is 1. The van der Waals surface area contributed by atoms with Gasteiger partial charge >= 0.3 is 16.2 Å². The van der Waals surface area contributed by atoms with Gasteiger partial charge in [-0.25, -0.2) is 9.73 Å². The predicted octanol–water partition coefficient (Wildman–Crippen LogP) is 3.24. The highest BCUT2D eigenvalue weighted by molar-refractivity contribution is 7.87. The minimum Gasteiger partial charge on any atom is -0.466 e. The number of piperidine rings is 1. The van der Waals surface area contributed by atoms with Gasteiger partial charge < -0.3 is 4.74 Å². The Morgan fingerprint density at radius 1 is 1.14 bits per heavy atom. The summed E-state index contributed by atoms with van der Waals surface area (Å²) >= 11 is 6.09. The number of rotatable bonds is 6. The second-order valence-electron chi connectivity index (χ2n) is 8.62. The van der Waals surface area contributed by atoms with E-state index in [1.807, 2.05) is 54.6 Å². The van der Waals surface area contributed by atoms with Crippen molar-refractivity contribution in [2.45, 2.75) is 25.7 Å². The number of aliphatic imine (C=N–C) groups is 1. The first-order valence-electron chi connectivity index (χ1n) is 11.9. The molecule has 2 aromatic rings. The van der Waals surface area contributed by atoms with E-state index >= 15 is 0 Å². The third-order valence-corrected chi connectivity index (χ3v) is 8.08. The van der Waals surface area contributed by atoms with Crippen LogP contribution in [0.1, 0.15) is 36.8 Å². The van der Waals surface area contributed by atoms with E-state index in [1.165, 1.54) is 11.4 Å². The normalized spacial score (nSPS) is 19.8. The average Bonchev–Trinajstić information content (AvgIpc) is 3.34. The molecular weight excluding hydrogens is 502 g/mol. The Hall–Kier alpha value is -2.95. The molecule has 4 rings (SSSR count). The summed E-state index contributed by atoms with van der Waals surface area (Å²) in [5, 5.41) is 6.98. The summed E-state index contributed by atoms with van der Waals surface area (Å²) in [7, 11) is -2.37. The first-order chi connectivity index (χ1) is 17.3. The van der Waals surface area contributed by atoms with Crippen molar-refractivity contribution in [3.05, 3.63) is 70.7 Å². The molecule has 2 aliphatic heterocycles. The van der Waals surface area contributed by atoms with Crippen LogP contribution in [-0.4, -0.2) is 68.7 Å². The van der Waals surface area contributed by atoms with Gasteiger partial charge in [-0.15, -0.1) is 0 Å². The molecule has 0 radical (unpaired) electrons. The van der Waals surface area contributed by atoms with Crippen molar-refractivity contribution in [2.24, 2.45) is 16.0 Å². The molecular formula is C25H30ClN5O4S. The Labute approximate surface area is 217 Å². The van der Waals surface area contributed by atoms with Crippen LogP contribution in [0.25, 0.3) is 0 Å². The Kier molecular flexibility index (Phi) is 8.28. The smallest absolute Gasteiger partial charge is 0.309 e. The van der Waals surface area contributed by atoms with E-state index < -0.39 is 10.2 Å². The van der Waals surface area contributed by atoms with Crippen LogP contribution < -0.4 is 4.72 Å². The zero-order valence-electron chi connectivity index (χ0n) is 20.3. The molecule has 2 aromatic carbocycles. The Morgan fingerprint density at radius 2 is 1.81 bits per heavy atom. The number of guanidine groups is 1. The average molecular weight is 532 g/mol. The van der Waals surface area contributed by atoms with Gasteiger partial charge in [0.2, 0.25) is 5.96 Å². The van der Waals surface area contributed by atoms with Crippen molar-refractivity contribution < 1.29 is 17.9 Å². The van der Waals surface area contributed by atoms with Crippen molar-refractivity contribution >= 4 is 39.5 Å². The summed E-state index contributed by atoms with van der Waals surface area (Å²) in [5.74, 6) is -0.514. The number of ether oxygens (including phenoxy) is 1. The number of nitrogens with one attached hydrogen (secondary N) is 1. The second-order valence-corrected chi connectivity index (χ2v) is 10.7. The molecule has 36 heavy (non-hydrogen) atoms. The lowest BCUT2D eigenvalue weighted by Gasteiger charge is -2.31. The van der Waals surface area contributed by atoms with Crippen molar-refractivity contribution in [2.75, 3.05) is 33.3 Å². The Balaban J connectivity index is 1.52. The van der Waals surface area contributed by atoms with Crippen molar-refractivity contribution in [3.63, 3.8) is 0 Å². The monoisotopic (exact) mass is 531 g/mol. The maximum atomic E-state index is 13.2. The molecule has 0 aromatic heterocycles. The van der Waals surface area contributed by atoms with Crippen molar-refractivity contribution in [1.82, 2.24) is 14.0 Å². The highest BCUT2D eigenvalue weighted by atomic mass is 35.5. The molecule has 1 unspecified atom stereocenters. The van der Waals surface area contributed by atoms with Crippen molar-refractivity contribution in [1.29, 1.82) is 0 Å². The fourth-order valence-electron chi connectivity index (χ4n) is 4.45. The fraction of sp³-hybridized carbons (Fsp3) is 0.400. The van der Waals surface area contributed by atoms with Crippen LogP contribution in [0.2, 0.25) is 5.02 Å². The van der Waals surface area contributed by atoms with Crippen LogP contribution in [0.3, 0.4) is 0 Å². The molecule has 0 amide bonds. The first-order valence-corrected chi connectivity index (χ1v) is 13.7. The molecule has 1 N–H and O–H groups in total. The van der Waals surface area contributed by atoms with Gasteiger partial charge in [-0.1, -0.05) is 54.1 Å². The number of benzene rings is 2. The van der Waals surface area contributed by atoms with Gasteiger partial charge in [0.1, 0.15) is 0 Å². The summed E-state index contributed by atoms with van der Waals surface area (Å²) in [4.78, 5) is 16.2. The lowest BCUT2D eigenvalue weighted by atomic mass is 9.91. The molecule has 11 heteroatoms. The number of esters is 1. The molecule has 1 fully saturated rings. The second kappa shape index (κ2) is 11.4. The summed E-state index contributed by atoms with van der Waals surface area (Å²) < 4.78 is 35.4. The van der Waals surface area contributed by atoms with Gasteiger partial charge in [0.25, 0.3) is 0 Å². The van der Waals surface area contributed by atoms with Crippen LogP contribution in [0.5, 0.6) is 0 Å². The van der Waals surface area contributed by atoms with E-state index in [0.29, 0.717) is 31.0 Å². The summed E-state index contributed by atoms with van der Waals surface area (Å²) in [6, 6.07) is 17.4. The van der Waals surface area contributed by atoms with Crippen LogP contribution >= 0.6 is 11.6 Å². The van der Waals surface area contributed by atoms with Gasteiger partial charge in [-0.2, -0.15) is 17.8 Å². The summed E-state index contributed by atoms with van der Waals surface area (Å²) in [6.45, 7) is 2.94. The Morgan fingerprint density at radius 3 is 2.42 bits per heavy atom. The highest BCUT2D eigenvalue weighted by Crippen LogP contribution is 2.29. The third-order valence-electron chi connectivity index (χ3n) is 6.35. The van der Waals surface area contributed by atoms with Crippen LogP contribution in [0.15, 0.2) is 64.7 Å². The van der Waals surface area contributed by atoms with Crippen LogP contribution in [-0.2, 0) is 19.7 Å². The van der Waals surface area contributed by atoms with Crippen molar-refractivity contribution in [3.8, 4) is 0 Å². The minimum absolute atomic E-state index is 0.0889. The molecule has 0 spiro atoms. The van der Waals surface area contributed by atoms with Crippen LogP contribution in [0.4, 0.5) is 0 Å². The van der Waals surface area contributed by atoms with Gasteiger partial charge in [-0.3, -0.25) is 9.79 Å². The molecule has 1 atom stereocenters. The molecule has 0 bridgehead atoms. The quantitative estimate of drug-likeness (QED) is 0.350. The highest BCUT2D eigenvalue weighted by Gasteiger charge is 2.36. The van der Waals surface area contributed by atoms with E-state index in [9.17, 15) is 13.2 Å². The molecule has 0 saturated carbocycles. The molecule has 1 saturated heterocycles. The number of carbonyl (C=O) groups excluding carboxylic acids is 1. The maximum absolute atomic E-state index is 13.2. The van der Waals surface area contributed by atoms with E-state index in [-0.39, 0.29) is 36.9 Å². The zero-order valence-corrected chi connectivity index (χ0v) is 21.9. The number of hydrazone groups is 1. The largest absolute Gasteiger partial charge is 0.466 e. The number of nitrogens with zero attached hydrogens (tertiary/aromatic N) is 4.